The largest absolute Gasteiger partial charge is 0.495 e. The molecule has 0 aliphatic carbocycles. The van der Waals surface area contributed by atoms with Crippen molar-refractivity contribution in [2.75, 3.05) is 49.7 Å². The zero-order valence-corrected chi connectivity index (χ0v) is 22.1. The molecule has 0 atom stereocenters. The lowest BCUT2D eigenvalue weighted by atomic mass is 10.1. The molecule has 35 heavy (non-hydrogen) atoms. The molecule has 0 spiro atoms. The van der Waals surface area contributed by atoms with E-state index in [1.807, 2.05) is 24.3 Å². The van der Waals surface area contributed by atoms with E-state index in [2.05, 4.69) is 27.8 Å². The zero-order valence-electron chi connectivity index (χ0n) is 19.7. The van der Waals surface area contributed by atoms with E-state index >= 15 is 0 Å². The molecule has 6 nitrogen and oxygen atoms in total. The van der Waals surface area contributed by atoms with Crippen molar-refractivity contribution in [1.82, 2.24) is 9.97 Å². The maximum atomic E-state index is 5.88. The van der Waals surface area contributed by atoms with Gasteiger partial charge in [0.05, 0.1) is 40.7 Å². The number of alkyl halides is 2. The average molecular weight is 532 g/mol. The third kappa shape index (κ3) is 5.63. The van der Waals surface area contributed by atoms with E-state index in [0.717, 1.165) is 80.4 Å². The highest BCUT2D eigenvalue weighted by molar-refractivity contribution is 8.00. The van der Waals surface area contributed by atoms with Crippen molar-refractivity contribution in [1.29, 1.82) is 0 Å². The second kappa shape index (κ2) is 12.4. The molecule has 2 aromatic carbocycles. The van der Waals surface area contributed by atoms with Crippen LogP contribution < -0.4 is 20.1 Å². The van der Waals surface area contributed by atoms with E-state index in [9.17, 15) is 0 Å². The molecule has 0 bridgehead atoms. The van der Waals surface area contributed by atoms with Crippen molar-refractivity contribution in [3.8, 4) is 11.5 Å². The Hall–Kier alpha value is -2.61. The molecule has 0 unspecified atom stereocenters. The fraction of sp³-hybridized carbons (Fsp3) is 0.308. The molecule has 0 fully saturated rings. The highest BCUT2D eigenvalue weighted by Crippen LogP contribution is 2.48. The van der Waals surface area contributed by atoms with Gasteiger partial charge in [-0.3, -0.25) is 9.97 Å². The third-order valence-corrected chi connectivity index (χ3v) is 7.27. The average Bonchev–Trinajstić information content (AvgIpc) is 2.90. The fourth-order valence-electron chi connectivity index (χ4n) is 3.87. The Bertz CT molecular complexity index is 1210. The first-order chi connectivity index (χ1) is 17.2. The summed E-state index contributed by atoms with van der Waals surface area (Å²) in [6.07, 6.45) is 5.32. The van der Waals surface area contributed by atoms with Crippen LogP contribution in [0.2, 0.25) is 0 Å². The van der Waals surface area contributed by atoms with Gasteiger partial charge in [-0.15, -0.1) is 23.2 Å². The molecule has 2 heterocycles. The van der Waals surface area contributed by atoms with Crippen LogP contribution in [0.5, 0.6) is 11.5 Å². The number of hydrogen-bond acceptors (Lipinski definition) is 7. The van der Waals surface area contributed by atoms with Gasteiger partial charge in [-0.25, -0.2) is 0 Å². The van der Waals surface area contributed by atoms with E-state index in [4.69, 9.17) is 37.7 Å². The number of rotatable bonds is 12. The molecule has 0 amide bonds. The number of anilines is 2. The first kappa shape index (κ1) is 25.5. The first-order valence-electron chi connectivity index (χ1n) is 11.4. The Morgan fingerprint density at radius 1 is 0.771 bits per heavy atom. The van der Waals surface area contributed by atoms with Crippen LogP contribution in [0.3, 0.4) is 0 Å². The summed E-state index contributed by atoms with van der Waals surface area (Å²) in [5.41, 5.74) is 3.62. The summed E-state index contributed by atoms with van der Waals surface area (Å²) in [5.74, 6) is 2.68. The summed E-state index contributed by atoms with van der Waals surface area (Å²) in [6, 6.07) is 12.0. The fourth-order valence-corrected chi connectivity index (χ4v) is 5.36. The molecule has 4 rings (SSSR count). The van der Waals surface area contributed by atoms with Gasteiger partial charge < -0.3 is 20.1 Å². The van der Waals surface area contributed by atoms with Crippen molar-refractivity contribution in [3.05, 3.63) is 48.8 Å². The smallest absolute Gasteiger partial charge is 0.137 e. The van der Waals surface area contributed by atoms with E-state index in [1.54, 1.807) is 38.4 Å². The number of methoxy groups -OCH3 is 2. The van der Waals surface area contributed by atoms with Gasteiger partial charge in [-0.2, -0.15) is 0 Å². The highest BCUT2D eigenvalue weighted by Gasteiger charge is 2.20. The molecule has 0 aliphatic heterocycles. The summed E-state index contributed by atoms with van der Waals surface area (Å²) in [6.45, 7) is 1.52. The van der Waals surface area contributed by atoms with Crippen LogP contribution in [0.25, 0.3) is 21.8 Å². The first-order valence-corrected chi connectivity index (χ1v) is 13.3. The van der Waals surface area contributed by atoms with Crippen LogP contribution in [0.15, 0.2) is 58.6 Å². The maximum Gasteiger partial charge on any atom is 0.137 e. The van der Waals surface area contributed by atoms with E-state index < -0.39 is 0 Å². The van der Waals surface area contributed by atoms with Gasteiger partial charge in [0, 0.05) is 65.8 Å². The van der Waals surface area contributed by atoms with Crippen LogP contribution in [-0.4, -0.2) is 49.0 Å². The number of benzene rings is 2. The molecular formula is C26H28Cl2N4O2S. The predicted molar refractivity (Wildman–Crippen MR) is 148 cm³/mol. The lowest BCUT2D eigenvalue weighted by Gasteiger charge is -2.19. The van der Waals surface area contributed by atoms with Crippen LogP contribution in [0, 0.1) is 0 Å². The lowest BCUT2D eigenvalue weighted by Crippen LogP contribution is -2.05. The zero-order chi connectivity index (χ0) is 24.6. The van der Waals surface area contributed by atoms with E-state index in [-0.39, 0.29) is 0 Å². The Balaban J connectivity index is 1.84. The van der Waals surface area contributed by atoms with Crippen molar-refractivity contribution >= 4 is 68.1 Å². The Morgan fingerprint density at radius 2 is 1.34 bits per heavy atom. The lowest BCUT2D eigenvalue weighted by molar-refractivity contribution is 0.404. The van der Waals surface area contributed by atoms with Crippen LogP contribution in [-0.2, 0) is 0 Å². The van der Waals surface area contributed by atoms with Gasteiger partial charge in [-0.05, 0) is 37.1 Å². The number of hydrogen-bond donors (Lipinski definition) is 2. The second-order valence-electron chi connectivity index (χ2n) is 7.75. The Labute approximate surface area is 219 Å². The number of nitrogens with zero attached hydrogens (tertiary/aromatic N) is 2. The molecule has 184 valence electrons. The van der Waals surface area contributed by atoms with Crippen molar-refractivity contribution in [2.24, 2.45) is 0 Å². The summed E-state index contributed by atoms with van der Waals surface area (Å²) >= 11 is 13.3. The van der Waals surface area contributed by atoms with Crippen LogP contribution in [0.1, 0.15) is 12.8 Å². The van der Waals surface area contributed by atoms with Crippen LogP contribution in [0.4, 0.5) is 11.4 Å². The number of aromatic nitrogens is 2. The molecule has 2 N–H and O–H groups in total. The summed E-state index contributed by atoms with van der Waals surface area (Å²) < 4.78 is 11.7. The van der Waals surface area contributed by atoms with Gasteiger partial charge in [-0.1, -0.05) is 11.8 Å². The van der Waals surface area contributed by atoms with Crippen molar-refractivity contribution in [3.63, 3.8) is 0 Å². The minimum absolute atomic E-state index is 0.597. The monoisotopic (exact) mass is 530 g/mol. The number of nitrogens with one attached hydrogen (secondary N) is 2. The number of pyridine rings is 2. The van der Waals surface area contributed by atoms with Gasteiger partial charge >= 0.3 is 0 Å². The SMILES string of the molecule is COc1cc(NCCCCl)c2ncccc2c1Sc1c(OC)cc(NCCCCl)c2cccnc12. The second-order valence-corrected chi connectivity index (χ2v) is 9.53. The third-order valence-electron chi connectivity index (χ3n) is 5.51. The predicted octanol–water partition coefficient (Wildman–Crippen LogP) is 7.03. The molecule has 0 saturated carbocycles. The summed E-state index contributed by atoms with van der Waals surface area (Å²) in [5, 5.41) is 8.93. The van der Waals surface area contributed by atoms with Crippen molar-refractivity contribution < 1.29 is 9.47 Å². The molecule has 0 aliphatic rings. The molecule has 9 heteroatoms. The van der Waals surface area contributed by atoms with Gasteiger partial charge in [0.15, 0.2) is 0 Å². The highest BCUT2D eigenvalue weighted by atomic mass is 35.5. The summed E-state index contributed by atoms with van der Waals surface area (Å²) in [4.78, 5) is 11.3. The van der Waals surface area contributed by atoms with Crippen LogP contribution >= 0.6 is 35.0 Å². The maximum absolute atomic E-state index is 5.88. The summed E-state index contributed by atoms with van der Waals surface area (Å²) in [7, 11) is 3.36. The van der Waals surface area contributed by atoms with Crippen molar-refractivity contribution in [2.45, 2.75) is 22.6 Å². The van der Waals surface area contributed by atoms with Gasteiger partial charge in [0.1, 0.15) is 11.5 Å². The molecular weight excluding hydrogens is 503 g/mol. The number of fused-ring (bicyclic) bond motifs is 2. The topological polar surface area (TPSA) is 68.3 Å². The standard InChI is InChI=1S/C26H28Cl2N4O2S/c1-33-21-16-20(30-14-6-10-28)23-18(8-4-11-31-23)25(21)35-26-22(34-2)15-19(29-13-5-9-27)17-7-3-12-32-24(17)26/h3-4,7-8,11-12,15-16,29-30H,5-6,9-10,13-14H2,1-2H3. The number of ether oxygens (including phenoxy) is 2. The van der Waals surface area contributed by atoms with E-state index in [1.165, 1.54) is 0 Å². The Morgan fingerprint density at radius 3 is 2.00 bits per heavy atom. The Kier molecular flexibility index (Phi) is 9.01. The van der Waals surface area contributed by atoms with E-state index in [0.29, 0.717) is 11.8 Å². The molecule has 0 radical (unpaired) electrons. The molecule has 2 aromatic heterocycles. The van der Waals surface area contributed by atoms with Gasteiger partial charge in [0.25, 0.3) is 0 Å². The van der Waals surface area contributed by atoms with Gasteiger partial charge in [0.2, 0.25) is 0 Å². The quantitative estimate of drug-likeness (QED) is 0.150. The molecule has 0 saturated heterocycles. The minimum atomic E-state index is 0.597. The number of halogens is 2. The molecule has 4 aromatic rings. The minimum Gasteiger partial charge on any atom is -0.495 e. The normalized spacial score (nSPS) is 11.1.